The lowest BCUT2D eigenvalue weighted by molar-refractivity contribution is -0.127. The van der Waals surface area contributed by atoms with E-state index in [9.17, 15) is 14.4 Å². The summed E-state index contributed by atoms with van der Waals surface area (Å²) in [5.41, 5.74) is 2.10. The summed E-state index contributed by atoms with van der Waals surface area (Å²) in [4.78, 5) is 40.5. The SMILES string of the molecule is COCCNC(=O)[C@@H](c1ccco1)N(C(=O)Cn1nnc2ccccc21)c1cccc(C(C)=O)c1. The lowest BCUT2D eigenvalue weighted by atomic mass is 10.1. The normalized spacial score (nSPS) is 11.8. The molecule has 0 saturated carbocycles. The first-order valence-electron chi connectivity index (χ1n) is 11.0. The van der Waals surface area contributed by atoms with Gasteiger partial charge in [-0.15, -0.1) is 5.10 Å². The molecule has 10 nitrogen and oxygen atoms in total. The molecule has 0 aliphatic rings. The number of para-hydroxylation sites is 1. The van der Waals surface area contributed by atoms with Crippen LogP contribution in [0.3, 0.4) is 0 Å². The van der Waals surface area contributed by atoms with Gasteiger partial charge in [-0.25, -0.2) is 4.68 Å². The molecule has 35 heavy (non-hydrogen) atoms. The highest BCUT2D eigenvalue weighted by Crippen LogP contribution is 2.30. The third-order valence-electron chi connectivity index (χ3n) is 5.43. The number of hydrogen-bond acceptors (Lipinski definition) is 7. The Morgan fingerprint density at radius 2 is 1.94 bits per heavy atom. The molecule has 2 amide bonds. The van der Waals surface area contributed by atoms with Crippen molar-refractivity contribution in [3.05, 3.63) is 78.3 Å². The van der Waals surface area contributed by atoms with E-state index in [0.29, 0.717) is 28.9 Å². The zero-order valence-corrected chi connectivity index (χ0v) is 19.4. The Bertz CT molecular complexity index is 1330. The molecule has 0 unspecified atom stereocenters. The molecule has 0 aliphatic heterocycles. The molecule has 180 valence electrons. The number of rotatable bonds is 10. The Morgan fingerprint density at radius 1 is 1.11 bits per heavy atom. The molecule has 0 bridgehead atoms. The van der Waals surface area contributed by atoms with Gasteiger partial charge in [-0.1, -0.05) is 29.5 Å². The maximum atomic E-state index is 13.8. The number of Topliss-reactive ketones (excluding diaryl/α,β-unsaturated/α-hetero) is 1. The first-order chi connectivity index (χ1) is 17.0. The number of ether oxygens (including phenoxy) is 1. The summed E-state index contributed by atoms with van der Waals surface area (Å²) in [6, 6.07) is 16.0. The van der Waals surface area contributed by atoms with Gasteiger partial charge in [0.2, 0.25) is 5.91 Å². The van der Waals surface area contributed by atoms with Crippen molar-refractivity contribution in [2.24, 2.45) is 0 Å². The molecule has 1 atom stereocenters. The maximum absolute atomic E-state index is 13.8. The highest BCUT2D eigenvalue weighted by Gasteiger charge is 2.35. The number of hydrogen-bond donors (Lipinski definition) is 1. The standard InChI is InChI=1S/C25H25N5O5/c1-17(31)18-7-5-8-19(15-18)30(23(32)16-29-21-10-4-3-9-20(21)27-28-29)24(22-11-6-13-35-22)25(33)26-12-14-34-2/h3-11,13,15,24H,12,14,16H2,1-2H3,(H,26,33)/t24-/m1/s1. The Labute approximate surface area is 201 Å². The van der Waals surface area contributed by atoms with E-state index in [2.05, 4.69) is 15.6 Å². The van der Waals surface area contributed by atoms with E-state index in [4.69, 9.17) is 9.15 Å². The highest BCUT2D eigenvalue weighted by atomic mass is 16.5. The van der Waals surface area contributed by atoms with Gasteiger partial charge in [-0.2, -0.15) is 0 Å². The molecule has 4 rings (SSSR count). The monoisotopic (exact) mass is 475 g/mol. The van der Waals surface area contributed by atoms with E-state index in [1.165, 1.54) is 29.9 Å². The molecule has 4 aromatic rings. The second kappa shape index (κ2) is 10.7. The number of benzene rings is 2. The van der Waals surface area contributed by atoms with E-state index in [-0.39, 0.29) is 24.6 Å². The van der Waals surface area contributed by atoms with Crippen molar-refractivity contribution in [2.75, 3.05) is 25.2 Å². The van der Waals surface area contributed by atoms with Gasteiger partial charge in [0, 0.05) is 24.9 Å². The van der Waals surface area contributed by atoms with E-state index in [1.54, 1.807) is 42.5 Å². The number of carbonyl (C=O) groups excluding carboxylic acids is 3. The molecule has 0 spiro atoms. The first-order valence-corrected chi connectivity index (χ1v) is 11.0. The molecule has 1 N–H and O–H groups in total. The van der Waals surface area contributed by atoms with Gasteiger partial charge in [-0.3, -0.25) is 19.3 Å². The number of carbonyl (C=O) groups is 3. The molecule has 2 aromatic carbocycles. The van der Waals surface area contributed by atoms with Gasteiger partial charge in [0.1, 0.15) is 17.8 Å². The third kappa shape index (κ3) is 5.28. The van der Waals surface area contributed by atoms with Gasteiger partial charge in [-0.05, 0) is 43.3 Å². The number of aromatic nitrogens is 3. The fourth-order valence-electron chi connectivity index (χ4n) is 3.74. The maximum Gasteiger partial charge on any atom is 0.251 e. The summed E-state index contributed by atoms with van der Waals surface area (Å²) in [5.74, 6) is -0.794. The number of ketones is 1. The van der Waals surface area contributed by atoms with Crippen LogP contribution in [0.15, 0.2) is 71.3 Å². The molecule has 2 heterocycles. The summed E-state index contributed by atoms with van der Waals surface area (Å²) in [6.45, 7) is 1.80. The molecule has 2 aromatic heterocycles. The van der Waals surface area contributed by atoms with Crippen molar-refractivity contribution in [3.8, 4) is 0 Å². The Balaban J connectivity index is 1.77. The Hall–Kier alpha value is -4.31. The predicted molar refractivity (Wildman–Crippen MR) is 128 cm³/mol. The lowest BCUT2D eigenvalue weighted by Gasteiger charge is -2.30. The number of anilines is 1. The van der Waals surface area contributed by atoms with Crippen molar-refractivity contribution < 1.29 is 23.5 Å². The van der Waals surface area contributed by atoms with E-state index in [1.807, 2.05) is 18.2 Å². The fourth-order valence-corrected chi connectivity index (χ4v) is 3.74. The third-order valence-corrected chi connectivity index (χ3v) is 5.43. The van der Waals surface area contributed by atoms with Gasteiger partial charge in [0.05, 0.1) is 18.4 Å². The number of nitrogens with zero attached hydrogens (tertiary/aromatic N) is 4. The fraction of sp³-hybridized carbons (Fsp3) is 0.240. The summed E-state index contributed by atoms with van der Waals surface area (Å²) in [6.07, 6.45) is 1.43. The largest absolute Gasteiger partial charge is 0.467 e. The van der Waals surface area contributed by atoms with Crippen LogP contribution in [0.4, 0.5) is 5.69 Å². The van der Waals surface area contributed by atoms with E-state index in [0.717, 1.165) is 0 Å². The summed E-state index contributed by atoms with van der Waals surface area (Å²) in [5, 5.41) is 11.0. The second-order valence-corrected chi connectivity index (χ2v) is 7.81. The molecular formula is C25H25N5O5. The van der Waals surface area contributed by atoms with Gasteiger partial charge < -0.3 is 14.5 Å². The average molecular weight is 476 g/mol. The molecule has 0 radical (unpaired) electrons. The molecule has 0 saturated heterocycles. The van der Waals surface area contributed by atoms with Crippen LogP contribution in [0.2, 0.25) is 0 Å². The second-order valence-electron chi connectivity index (χ2n) is 7.81. The number of fused-ring (bicyclic) bond motifs is 1. The number of methoxy groups -OCH3 is 1. The minimum absolute atomic E-state index is 0.166. The van der Waals surface area contributed by atoms with Crippen molar-refractivity contribution in [1.82, 2.24) is 20.3 Å². The summed E-state index contributed by atoms with van der Waals surface area (Å²) < 4.78 is 12.1. The number of furan rings is 1. The molecule has 10 heteroatoms. The predicted octanol–water partition coefficient (Wildman–Crippen LogP) is 2.76. The topological polar surface area (TPSA) is 120 Å². The van der Waals surface area contributed by atoms with Gasteiger partial charge >= 0.3 is 0 Å². The number of nitrogens with one attached hydrogen (secondary N) is 1. The van der Waals surface area contributed by atoms with E-state index < -0.39 is 17.9 Å². The Kier molecular flexibility index (Phi) is 7.32. The first kappa shape index (κ1) is 23.8. The van der Waals surface area contributed by atoms with Crippen LogP contribution in [0, 0.1) is 0 Å². The molecule has 0 fully saturated rings. The highest BCUT2D eigenvalue weighted by molar-refractivity contribution is 6.02. The summed E-state index contributed by atoms with van der Waals surface area (Å²) >= 11 is 0. The van der Waals surface area contributed by atoms with Crippen molar-refractivity contribution >= 4 is 34.3 Å². The smallest absolute Gasteiger partial charge is 0.251 e. The van der Waals surface area contributed by atoms with Crippen LogP contribution in [-0.4, -0.2) is 52.9 Å². The average Bonchev–Trinajstić information content (AvgIpc) is 3.53. The number of amides is 2. The van der Waals surface area contributed by atoms with Gasteiger partial charge in [0.15, 0.2) is 11.8 Å². The van der Waals surface area contributed by atoms with Crippen LogP contribution < -0.4 is 10.2 Å². The van der Waals surface area contributed by atoms with Crippen molar-refractivity contribution in [1.29, 1.82) is 0 Å². The zero-order chi connectivity index (χ0) is 24.8. The van der Waals surface area contributed by atoms with Crippen LogP contribution in [0.5, 0.6) is 0 Å². The van der Waals surface area contributed by atoms with Crippen molar-refractivity contribution in [2.45, 2.75) is 19.5 Å². The lowest BCUT2D eigenvalue weighted by Crippen LogP contribution is -2.45. The van der Waals surface area contributed by atoms with Crippen LogP contribution in [-0.2, 0) is 20.9 Å². The van der Waals surface area contributed by atoms with Gasteiger partial charge in [0.25, 0.3) is 5.91 Å². The molecule has 0 aliphatic carbocycles. The zero-order valence-electron chi connectivity index (χ0n) is 19.4. The quantitative estimate of drug-likeness (QED) is 0.277. The van der Waals surface area contributed by atoms with Crippen LogP contribution in [0.25, 0.3) is 11.0 Å². The van der Waals surface area contributed by atoms with Crippen LogP contribution in [0.1, 0.15) is 29.1 Å². The Morgan fingerprint density at radius 3 is 2.69 bits per heavy atom. The minimum atomic E-state index is -1.13. The summed E-state index contributed by atoms with van der Waals surface area (Å²) in [7, 11) is 1.53. The van der Waals surface area contributed by atoms with Crippen LogP contribution >= 0.6 is 0 Å². The van der Waals surface area contributed by atoms with Crippen molar-refractivity contribution in [3.63, 3.8) is 0 Å². The van der Waals surface area contributed by atoms with E-state index >= 15 is 0 Å². The minimum Gasteiger partial charge on any atom is -0.467 e. The molecular weight excluding hydrogens is 450 g/mol.